The Morgan fingerprint density at radius 2 is 2.34 bits per heavy atom. The van der Waals surface area contributed by atoms with Gasteiger partial charge < -0.3 is 14.8 Å². The highest BCUT2D eigenvalue weighted by molar-refractivity contribution is 9.10. The standard InChI is InChI=1S/C21H22BrN7O3/c1-4-31-20(30)16-18(27-29-7-5-6-24-19(16)29)26-12(2)15-9-14(22)8-13-10-21(3,11-25-28-23)32-17(13)15/h5-9,12H,4,10-11H2,1-3H3,(H,26,27)/t12-,21-/m1/s1. The number of azide groups is 1. The van der Waals surface area contributed by atoms with Gasteiger partial charge in [-0.05, 0) is 50.1 Å². The Hall–Kier alpha value is -3.30. The zero-order valence-corrected chi connectivity index (χ0v) is 19.5. The van der Waals surface area contributed by atoms with Crippen LogP contribution in [0.4, 0.5) is 5.82 Å². The zero-order chi connectivity index (χ0) is 22.9. The van der Waals surface area contributed by atoms with Crippen molar-refractivity contribution in [2.24, 2.45) is 5.11 Å². The Balaban J connectivity index is 1.70. The third-order valence-corrected chi connectivity index (χ3v) is 5.69. The Kier molecular flexibility index (Phi) is 5.94. The first kappa shape index (κ1) is 21.9. The average molecular weight is 500 g/mol. The summed E-state index contributed by atoms with van der Waals surface area (Å²) < 4.78 is 13.9. The lowest BCUT2D eigenvalue weighted by Crippen LogP contribution is -2.33. The molecule has 1 aliphatic heterocycles. The minimum Gasteiger partial charge on any atom is -0.486 e. The maximum Gasteiger partial charge on any atom is 0.345 e. The van der Waals surface area contributed by atoms with Crippen molar-refractivity contribution in [3.63, 3.8) is 0 Å². The Morgan fingerprint density at radius 1 is 1.53 bits per heavy atom. The van der Waals surface area contributed by atoms with E-state index in [9.17, 15) is 4.79 Å². The highest BCUT2D eigenvalue weighted by Crippen LogP contribution is 2.43. The summed E-state index contributed by atoms with van der Waals surface area (Å²) in [5, 5.41) is 11.5. The van der Waals surface area contributed by atoms with Crippen molar-refractivity contribution in [2.75, 3.05) is 18.5 Å². The number of benzene rings is 1. The average Bonchev–Trinajstić information content (AvgIpc) is 3.28. The van der Waals surface area contributed by atoms with Crippen molar-refractivity contribution in [3.05, 3.63) is 62.2 Å². The molecular weight excluding hydrogens is 478 g/mol. The van der Waals surface area contributed by atoms with E-state index in [0.29, 0.717) is 17.9 Å². The van der Waals surface area contributed by atoms with Crippen LogP contribution in [0, 0.1) is 0 Å². The van der Waals surface area contributed by atoms with E-state index < -0.39 is 11.6 Å². The van der Waals surface area contributed by atoms with Crippen LogP contribution < -0.4 is 10.1 Å². The number of hydrogen-bond donors (Lipinski definition) is 1. The Morgan fingerprint density at radius 3 is 3.09 bits per heavy atom. The van der Waals surface area contributed by atoms with Gasteiger partial charge in [-0.2, -0.15) is 0 Å². The number of carbonyl (C=O) groups is 1. The SMILES string of the molecule is CCOC(=O)c1c(N[C@H](C)c2cc(Br)cc3c2O[C@@](C)(CN=[N+]=[N-])C3)nn2cccnc12. The highest BCUT2D eigenvalue weighted by atomic mass is 79.9. The van der Waals surface area contributed by atoms with Crippen LogP contribution >= 0.6 is 15.9 Å². The van der Waals surface area contributed by atoms with E-state index in [1.54, 1.807) is 29.9 Å². The quantitative estimate of drug-likeness (QED) is 0.214. The van der Waals surface area contributed by atoms with Crippen molar-refractivity contribution in [1.82, 2.24) is 14.6 Å². The summed E-state index contributed by atoms with van der Waals surface area (Å²) in [7, 11) is 0. The van der Waals surface area contributed by atoms with Gasteiger partial charge in [0.2, 0.25) is 0 Å². The lowest BCUT2D eigenvalue weighted by molar-refractivity contribution is 0.0529. The van der Waals surface area contributed by atoms with Crippen LogP contribution in [-0.4, -0.2) is 39.3 Å². The van der Waals surface area contributed by atoms with Gasteiger partial charge in [-0.15, -0.1) is 5.10 Å². The van der Waals surface area contributed by atoms with E-state index in [1.165, 1.54) is 0 Å². The fourth-order valence-corrected chi connectivity index (χ4v) is 4.39. The topological polar surface area (TPSA) is 127 Å². The number of esters is 1. The Bertz CT molecular complexity index is 1240. The molecule has 0 spiro atoms. The minimum atomic E-state index is -0.618. The molecule has 0 amide bonds. The summed E-state index contributed by atoms with van der Waals surface area (Å²) in [6.45, 7) is 6.10. The van der Waals surface area contributed by atoms with Crippen LogP contribution in [0.2, 0.25) is 0 Å². The molecule has 1 aliphatic rings. The van der Waals surface area contributed by atoms with E-state index in [2.05, 4.69) is 41.4 Å². The van der Waals surface area contributed by atoms with Crippen LogP contribution in [0.1, 0.15) is 48.3 Å². The molecule has 0 saturated carbocycles. The van der Waals surface area contributed by atoms with E-state index in [0.717, 1.165) is 21.3 Å². The first-order valence-electron chi connectivity index (χ1n) is 10.1. The molecule has 11 heteroatoms. The molecule has 166 valence electrons. The fraction of sp³-hybridized carbons (Fsp3) is 0.381. The van der Waals surface area contributed by atoms with Gasteiger partial charge in [-0.1, -0.05) is 21.0 Å². The number of halogens is 1. The highest BCUT2D eigenvalue weighted by Gasteiger charge is 2.37. The van der Waals surface area contributed by atoms with Crippen LogP contribution in [0.25, 0.3) is 16.1 Å². The number of fused-ring (bicyclic) bond motifs is 2. The molecule has 4 rings (SSSR count). The van der Waals surface area contributed by atoms with Gasteiger partial charge >= 0.3 is 5.97 Å². The summed E-state index contributed by atoms with van der Waals surface area (Å²) >= 11 is 3.58. The molecule has 3 aromatic rings. The molecular formula is C21H22BrN7O3. The molecule has 0 unspecified atom stereocenters. The van der Waals surface area contributed by atoms with Gasteiger partial charge in [0.1, 0.15) is 16.9 Å². The van der Waals surface area contributed by atoms with Gasteiger partial charge in [-0.25, -0.2) is 14.3 Å². The predicted octanol–water partition coefficient (Wildman–Crippen LogP) is 4.85. The number of aromatic nitrogens is 3. The normalized spacial score (nSPS) is 17.9. The van der Waals surface area contributed by atoms with E-state index in [-0.39, 0.29) is 24.8 Å². The smallest absolute Gasteiger partial charge is 0.345 e. The number of ether oxygens (including phenoxy) is 2. The summed E-state index contributed by atoms with van der Waals surface area (Å²) in [6, 6.07) is 5.45. The summed E-state index contributed by atoms with van der Waals surface area (Å²) in [5.74, 6) is 0.621. The lowest BCUT2D eigenvalue weighted by atomic mass is 9.97. The molecule has 1 aromatic carbocycles. The zero-order valence-electron chi connectivity index (χ0n) is 17.9. The van der Waals surface area contributed by atoms with Crippen LogP contribution in [0.5, 0.6) is 5.75 Å². The molecule has 2 atom stereocenters. The lowest BCUT2D eigenvalue weighted by Gasteiger charge is -2.23. The van der Waals surface area contributed by atoms with Gasteiger partial charge in [0, 0.05) is 33.8 Å². The molecule has 0 saturated heterocycles. The van der Waals surface area contributed by atoms with Crippen molar-refractivity contribution in [1.29, 1.82) is 0 Å². The monoisotopic (exact) mass is 499 g/mol. The predicted molar refractivity (Wildman–Crippen MR) is 122 cm³/mol. The first-order chi connectivity index (χ1) is 15.3. The second kappa shape index (κ2) is 8.68. The third-order valence-electron chi connectivity index (χ3n) is 5.24. The largest absolute Gasteiger partial charge is 0.486 e. The van der Waals surface area contributed by atoms with Crippen LogP contribution in [-0.2, 0) is 11.2 Å². The van der Waals surface area contributed by atoms with Gasteiger partial charge in [0.25, 0.3) is 0 Å². The Labute approximate surface area is 192 Å². The van der Waals surface area contributed by atoms with E-state index >= 15 is 0 Å². The molecule has 0 fully saturated rings. The summed E-state index contributed by atoms with van der Waals surface area (Å²) in [6.07, 6.45) is 3.95. The number of anilines is 1. The minimum absolute atomic E-state index is 0.224. The van der Waals surface area contributed by atoms with Crippen molar-refractivity contribution in [2.45, 2.75) is 38.8 Å². The summed E-state index contributed by atoms with van der Waals surface area (Å²) in [4.78, 5) is 19.8. The number of rotatable bonds is 7. The van der Waals surface area contributed by atoms with Crippen LogP contribution in [0.3, 0.4) is 0 Å². The summed E-state index contributed by atoms with van der Waals surface area (Å²) in [5.41, 5.74) is 10.7. The second-order valence-corrected chi connectivity index (χ2v) is 8.71. The van der Waals surface area contributed by atoms with Crippen molar-refractivity contribution < 1.29 is 14.3 Å². The molecule has 2 aromatic heterocycles. The molecule has 1 N–H and O–H groups in total. The maximum absolute atomic E-state index is 12.7. The van der Waals surface area contributed by atoms with Crippen molar-refractivity contribution in [3.8, 4) is 5.75 Å². The van der Waals surface area contributed by atoms with Crippen molar-refractivity contribution >= 4 is 33.4 Å². The number of nitrogens with one attached hydrogen (secondary N) is 1. The first-order valence-corrected chi connectivity index (χ1v) is 10.9. The number of hydrogen-bond acceptors (Lipinski definition) is 7. The van der Waals surface area contributed by atoms with E-state index in [4.69, 9.17) is 15.0 Å². The number of nitrogens with zero attached hydrogens (tertiary/aromatic N) is 6. The molecule has 32 heavy (non-hydrogen) atoms. The molecule has 3 heterocycles. The molecule has 0 aliphatic carbocycles. The van der Waals surface area contributed by atoms with Gasteiger partial charge in [-0.3, -0.25) is 0 Å². The number of carbonyl (C=O) groups excluding carboxylic acids is 1. The molecule has 0 bridgehead atoms. The molecule has 10 nitrogen and oxygen atoms in total. The molecule has 0 radical (unpaired) electrons. The fourth-order valence-electron chi connectivity index (χ4n) is 3.87. The van der Waals surface area contributed by atoms with E-state index in [1.807, 2.05) is 26.0 Å². The maximum atomic E-state index is 12.7. The van der Waals surface area contributed by atoms with Crippen LogP contribution in [0.15, 0.2) is 40.2 Å². The third kappa shape index (κ3) is 4.09. The van der Waals surface area contributed by atoms with Gasteiger partial charge in [0.15, 0.2) is 11.5 Å². The second-order valence-electron chi connectivity index (χ2n) is 7.80. The van der Waals surface area contributed by atoms with Gasteiger partial charge in [0.05, 0.1) is 19.2 Å².